The van der Waals surface area contributed by atoms with Crippen LogP contribution in [0.3, 0.4) is 0 Å². The highest BCUT2D eigenvalue weighted by Gasteiger charge is 2.57. The summed E-state index contributed by atoms with van der Waals surface area (Å²) in [6.45, 7) is 4.26. The molecule has 1 aromatic rings. The van der Waals surface area contributed by atoms with E-state index in [2.05, 4.69) is 21.0 Å². The zero-order chi connectivity index (χ0) is 21.9. The number of rotatable bonds is 8. The van der Waals surface area contributed by atoms with Crippen LogP contribution in [0.15, 0.2) is 21.9 Å². The molecule has 2 heterocycles. The number of aliphatic hydroxyl groups is 1. The van der Waals surface area contributed by atoms with E-state index in [-0.39, 0.29) is 6.10 Å². The Hall–Kier alpha value is -1.37. The molecule has 1 fully saturated rings. The molecule has 0 radical (unpaired) electrons. The van der Waals surface area contributed by atoms with Crippen LogP contribution in [-0.2, 0) is 23.4 Å². The number of ether oxygens (including phenoxy) is 2. The third kappa shape index (κ3) is 5.83. The minimum absolute atomic E-state index is 0.345. The minimum Gasteiger partial charge on any atom is -0.462 e. The van der Waals surface area contributed by atoms with E-state index >= 15 is 0 Å². The summed E-state index contributed by atoms with van der Waals surface area (Å²) in [7, 11) is -2.96. The fraction of sp³-hybridized carbons (Fsp3) is 0.667. The van der Waals surface area contributed by atoms with E-state index in [0.717, 1.165) is 16.8 Å². The number of H-pyrrole nitrogens is 1. The molecule has 0 spiro atoms. The molecular formula is C15H22BrFN3O8P. The van der Waals surface area contributed by atoms with E-state index in [9.17, 15) is 28.4 Å². The average Bonchev–Trinajstić information content (AvgIpc) is 2.82. The first-order valence-electron chi connectivity index (χ1n) is 8.60. The zero-order valence-corrected chi connectivity index (χ0v) is 18.3. The number of hydrogen-bond donors (Lipinski definition) is 3. The summed E-state index contributed by atoms with van der Waals surface area (Å²) in [5, 5.41) is 12.6. The second kappa shape index (κ2) is 9.63. The molecule has 2 rings (SSSR count). The van der Waals surface area contributed by atoms with E-state index in [4.69, 9.17) is 14.0 Å². The van der Waals surface area contributed by atoms with Crippen molar-refractivity contribution in [3.05, 3.63) is 33.1 Å². The van der Waals surface area contributed by atoms with Gasteiger partial charge in [0.25, 0.3) is 13.7 Å². The molecule has 1 aliphatic rings. The molecular weight excluding hydrogens is 480 g/mol. The van der Waals surface area contributed by atoms with E-state index in [1.165, 1.54) is 6.92 Å². The maximum atomic E-state index is 14.9. The van der Waals surface area contributed by atoms with Gasteiger partial charge in [-0.25, -0.2) is 14.3 Å². The quantitative estimate of drug-likeness (QED) is 0.257. The monoisotopic (exact) mass is 501 g/mol. The molecule has 164 valence electrons. The highest BCUT2D eigenvalue weighted by molar-refractivity contribution is 9.10. The van der Waals surface area contributed by atoms with Crippen LogP contribution in [0.1, 0.15) is 27.0 Å². The topological polar surface area (TPSA) is 149 Å². The van der Waals surface area contributed by atoms with Gasteiger partial charge in [0.15, 0.2) is 6.23 Å². The molecule has 0 bridgehead atoms. The number of nitrogens with one attached hydrogen (secondary N) is 2. The van der Waals surface area contributed by atoms with Crippen molar-refractivity contribution in [1.29, 1.82) is 0 Å². The minimum atomic E-state index is -2.96. The summed E-state index contributed by atoms with van der Waals surface area (Å²) < 4.78 is 40.5. The summed E-state index contributed by atoms with van der Waals surface area (Å²) >= 11 is 2.70. The normalized spacial score (nSPS) is 29.0. The van der Waals surface area contributed by atoms with E-state index in [0.29, 0.717) is 0 Å². The molecule has 0 aromatic carbocycles. The summed E-state index contributed by atoms with van der Waals surface area (Å²) in [6, 6.07) is 0.0757. The fourth-order valence-electron chi connectivity index (χ4n) is 2.49. The molecule has 3 N–H and O–H groups in total. The van der Waals surface area contributed by atoms with Gasteiger partial charge in [0.1, 0.15) is 18.2 Å². The summed E-state index contributed by atoms with van der Waals surface area (Å²) in [4.78, 5) is 36.7. The Morgan fingerprint density at radius 2 is 2.17 bits per heavy atom. The Morgan fingerprint density at radius 3 is 2.76 bits per heavy atom. The van der Waals surface area contributed by atoms with E-state index < -0.39 is 61.1 Å². The van der Waals surface area contributed by atoms with Crippen LogP contribution < -0.4 is 16.3 Å². The Labute approximate surface area is 173 Å². The lowest BCUT2D eigenvalue weighted by atomic mass is 10.1. The summed E-state index contributed by atoms with van der Waals surface area (Å²) in [6.07, 6.45) is -4.03. The molecule has 0 saturated carbocycles. The third-order valence-electron chi connectivity index (χ3n) is 3.90. The molecule has 0 aliphatic carbocycles. The highest BCUT2D eigenvalue weighted by atomic mass is 79.9. The lowest BCUT2D eigenvalue weighted by Crippen LogP contribution is -2.41. The molecule has 1 saturated heterocycles. The van der Waals surface area contributed by atoms with E-state index in [1.807, 2.05) is 4.98 Å². The van der Waals surface area contributed by atoms with Gasteiger partial charge in [-0.15, -0.1) is 0 Å². The fourth-order valence-corrected chi connectivity index (χ4v) is 3.98. The highest BCUT2D eigenvalue weighted by Crippen LogP contribution is 2.45. The van der Waals surface area contributed by atoms with Crippen molar-refractivity contribution < 1.29 is 32.9 Å². The predicted octanol–water partition coefficient (Wildman–Crippen LogP) is 0.192. The summed E-state index contributed by atoms with van der Waals surface area (Å²) in [5.74, 6) is -0.625. The maximum Gasteiger partial charge on any atom is 0.330 e. The number of aliphatic hydroxyl groups excluding tert-OH is 1. The lowest BCUT2D eigenvalue weighted by molar-refractivity contribution is -0.149. The number of aromatic amines is 1. The molecule has 1 aromatic heterocycles. The van der Waals surface area contributed by atoms with Crippen LogP contribution in [0.25, 0.3) is 0 Å². The molecule has 11 nitrogen and oxygen atoms in total. The number of esters is 1. The number of hydrogen-bond acceptors (Lipinski definition) is 8. The molecule has 0 amide bonds. The van der Waals surface area contributed by atoms with Crippen molar-refractivity contribution >= 4 is 30.1 Å². The predicted molar refractivity (Wildman–Crippen MR) is 103 cm³/mol. The number of carbonyl (C=O) groups excluding carboxylic acids is 1. The second-order valence-corrected chi connectivity index (χ2v) is 8.98. The molecule has 29 heavy (non-hydrogen) atoms. The van der Waals surface area contributed by atoms with Gasteiger partial charge in [0.2, 0.25) is 4.58 Å². The Kier molecular flexibility index (Phi) is 7.93. The van der Waals surface area contributed by atoms with Gasteiger partial charge in [-0.1, -0.05) is 0 Å². The number of aromatic nitrogens is 2. The molecule has 1 aliphatic heterocycles. The van der Waals surface area contributed by atoms with Crippen LogP contribution in [-0.4, -0.2) is 56.2 Å². The van der Waals surface area contributed by atoms with Gasteiger partial charge in [0.05, 0.1) is 12.7 Å². The average molecular weight is 502 g/mol. The van der Waals surface area contributed by atoms with Gasteiger partial charge in [-0.05, 0) is 36.7 Å². The Morgan fingerprint density at radius 1 is 1.52 bits per heavy atom. The van der Waals surface area contributed by atoms with Crippen LogP contribution in [0.5, 0.6) is 0 Å². The first kappa shape index (κ1) is 23.9. The van der Waals surface area contributed by atoms with Crippen LogP contribution in [0.2, 0.25) is 0 Å². The van der Waals surface area contributed by atoms with Crippen LogP contribution >= 0.6 is 24.1 Å². The number of nitrogens with zero attached hydrogens (tertiary/aromatic N) is 1. The zero-order valence-electron chi connectivity index (χ0n) is 15.8. The van der Waals surface area contributed by atoms with Crippen molar-refractivity contribution in [1.82, 2.24) is 14.6 Å². The van der Waals surface area contributed by atoms with Crippen molar-refractivity contribution in [2.75, 3.05) is 6.61 Å². The second-order valence-electron chi connectivity index (χ2n) is 6.61. The third-order valence-corrected chi connectivity index (χ3v) is 5.86. The van der Waals surface area contributed by atoms with Gasteiger partial charge in [-0.2, -0.15) is 0 Å². The van der Waals surface area contributed by atoms with Gasteiger partial charge in [0, 0.05) is 12.3 Å². The van der Waals surface area contributed by atoms with Gasteiger partial charge in [-0.3, -0.25) is 23.7 Å². The lowest BCUT2D eigenvalue weighted by Gasteiger charge is -2.22. The molecule has 6 atom stereocenters. The number of carbonyl (C=O) groups is 1. The molecule has 1 unspecified atom stereocenters. The number of alkyl halides is 2. The van der Waals surface area contributed by atoms with Crippen molar-refractivity contribution in [3.8, 4) is 0 Å². The number of halogens is 2. The standard InChI is InChI=1S/C15H22BrFN3O8P/c1-7(2)27-12(23)8(3)19-29(25)26-6-9-11(22)15(16,17)13(28-9)20-5-4-10(21)18-14(20)24/h4-5,7-9,11,13,22,29H,6H2,1-3H3,(H,19,25)(H,18,21,24)/t8-,9+,11+,13+,15+/m0/s1. The Bertz CT molecular complexity index is 876. The van der Waals surface area contributed by atoms with Crippen LogP contribution in [0, 0.1) is 0 Å². The van der Waals surface area contributed by atoms with Crippen molar-refractivity contribution in [2.24, 2.45) is 0 Å². The Balaban J connectivity index is 2.00. The first-order valence-corrected chi connectivity index (χ1v) is 10.7. The van der Waals surface area contributed by atoms with Crippen molar-refractivity contribution in [2.45, 2.75) is 55.9 Å². The smallest absolute Gasteiger partial charge is 0.330 e. The first-order chi connectivity index (χ1) is 13.4. The largest absolute Gasteiger partial charge is 0.462 e. The summed E-state index contributed by atoms with van der Waals surface area (Å²) in [5.41, 5.74) is -1.62. The maximum absolute atomic E-state index is 14.9. The van der Waals surface area contributed by atoms with Gasteiger partial charge >= 0.3 is 11.7 Å². The molecule has 14 heteroatoms. The SMILES string of the molecule is CC(C)OC(=O)[C@H](C)N[PH](=O)OC[C@H]1O[C@@H](n2ccc(=O)[nH]c2=O)[C@@](F)(Br)[C@@H]1O. The van der Waals surface area contributed by atoms with Crippen molar-refractivity contribution in [3.63, 3.8) is 0 Å². The van der Waals surface area contributed by atoms with Crippen LogP contribution in [0.4, 0.5) is 4.39 Å². The van der Waals surface area contributed by atoms with Gasteiger partial charge < -0.3 is 19.1 Å². The van der Waals surface area contributed by atoms with E-state index in [1.54, 1.807) is 13.8 Å².